The first-order valence-corrected chi connectivity index (χ1v) is 7.97. The number of benzene rings is 1. The van der Waals surface area contributed by atoms with Gasteiger partial charge in [0.05, 0.1) is 17.6 Å². The maximum Gasteiger partial charge on any atom is 0.354 e. The predicted molar refractivity (Wildman–Crippen MR) is 79.6 cm³/mol. The van der Waals surface area contributed by atoms with Crippen molar-refractivity contribution in [3.8, 4) is 0 Å². The van der Waals surface area contributed by atoms with E-state index in [0.717, 1.165) is 10.6 Å². The molecule has 8 heteroatoms. The molecule has 0 aliphatic heterocycles. The Morgan fingerprint density at radius 1 is 1.24 bits per heavy atom. The van der Waals surface area contributed by atoms with Gasteiger partial charge in [-0.1, -0.05) is 17.7 Å². The van der Waals surface area contributed by atoms with Crippen molar-refractivity contribution in [3.05, 3.63) is 53.3 Å². The Bertz CT molecular complexity index is 792. The molecule has 0 saturated carbocycles. The van der Waals surface area contributed by atoms with E-state index in [4.69, 9.17) is 16.7 Å². The van der Waals surface area contributed by atoms with Crippen molar-refractivity contribution >= 4 is 39.0 Å². The van der Waals surface area contributed by atoms with Gasteiger partial charge in [0.1, 0.15) is 5.69 Å². The molecule has 21 heavy (non-hydrogen) atoms. The molecule has 1 aromatic heterocycles. The van der Waals surface area contributed by atoms with Crippen LogP contribution in [0.3, 0.4) is 0 Å². The first-order chi connectivity index (χ1) is 9.79. The molecule has 0 fully saturated rings. The molecule has 1 heterocycles. The number of carboxylic acids is 1. The summed E-state index contributed by atoms with van der Waals surface area (Å²) >= 11 is 5.88. The van der Waals surface area contributed by atoms with E-state index in [1.54, 1.807) is 18.2 Å². The van der Waals surface area contributed by atoms with Gasteiger partial charge in [0.15, 0.2) is 0 Å². The third-order valence-corrected chi connectivity index (χ3v) is 3.89. The largest absolute Gasteiger partial charge is 0.477 e. The average Bonchev–Trinajstić information content (AvgIpc) is 2.37. The summed E-state index contributed by atoms with van der Waals surface area (Å²) in [7, 11) is -3.68. The maximum absolute atomic E-state index is 12.0. The number of carbonyl (C=O) groups is 1. The first-order valence-electron chi connectivity index (χ1n) is 5.74. The maximum atomic E-state index is 12.0. The molecule has 6 nitrogen and oxygen atoms in total. The number of nitrogens with zero attached hydrogens (tertiary/aromatic N) is 2. The first kappa shape index (κ1) is 15.3. The van der Waals surface area contributed by atoms with E-state index in [9.17, 15) is 13.2 Å². The number of aromatic carboxylic acids is 1. The fraction of sp³-hybridized carbons (Fsp3) is 0.0769. The molecule has 0 saturated heterocycles. The molecule has 1 aromatic carbocycles. The zero-order valence-electron chi connectivity index (χ0n) is 10.9. The number of sulfonamides is 1. The van der Waals surface area contributed by atoms with Crippen LogP contribution in [0.5, 0.6) is 0 Å². The third kappa shape index (κ3) is 3.50. The lowest BCUT2D eigenvalue weighted by molar-refractivity contribution is 0.0690. The van der Waals surface area contributed by atoms with Crippen LogP contribution in [0.1, 0.15) is 10.5 Å². The highest BCUT2D eigenvalue weighted by Gasteiger charge is 2.21. The van der Waals surface area contributed by atoms with Crippen molar-refractivity contribution in [2.24, 2.45) is 0 Å². The number of halogens is 1. The van der Waals surface area contributed by atoms with Gasteiger partial charge in [-0.25, -0.2) is 22.5 Å². The lowest BCUT2D eigenvalue weighted by atomic mass is 10.2. The minimum Gasteiger partial charge on any atom is -0.477 e. The molecule has 0 aliphatic rings. The summed E-state index contributed by atoms with van der Waals surface area (Å²) in [6, 6.07) is 8.85. The second-order valence-corrected chi connectivity index (χ2v) is 6.48. The fourth-order valence-electron chi connectivity index (χ4n) is 1.80. The van der Waals surface area contributed by atoms with Crippen LogP contribution in [0.2, 0.25) is 5.02 Å². The Balaban J connectivity index is 2.62. The molecule has 0 aliphatic carbocycles. The molecule has 2 rings (SSSR count). The number of pyridine rings is 1. The normalized spacial score (nSPS) is 11.1. The summed E-state index contributed by atoms with van der Waals surface area (Å²) in [5, 5.41) is 9.33. The highest BCUT2D eigenvalue weighted by Crippen LogP contribution is 2.30. The van der Waals surface area contributed by atoms with E-state index in [1.807, 2.05) is 0 Å². The molecule has 0 bridgehead atoms. The second kappa shape index (κ2) is 5.71. The van der Waals surface area contributed by atoms with Crippen molar-refractivity contribution in [2.45, 2.75) is 0 Å². The van der Waals surface area contributed by atoms with Crippen LogP contribution in [0, 0.1) is 0 Å². The Hall–Kier alpha value is -2.12. The van der Waals surface area contributed by atoms with E-state index in [-0.39, 0.29) is 11.4 Å². The van der Waals surface area contributed by atoms with Crippen LogP contribution in [-0.4, -0.2) is 30.7 Å². The number of aromatic nitrogens is 1. The summed E-state index contributed by atoms with van der Waals surface area (Å²) in [4.78, 5) is 14.6. The number of anilines is 2. The van der Waals surface area contributed by atoms with Gasteiger partial charge in [-0.15, -0.1) is 0 Å². The topological polar surface area (TPSA) is 87.6 Å². The summed E-state index contributed by atoms with van der Waals surface area (Å²) in [6.07, 6.45) is 2.26. The van der Waals surface area contributed by atoms with Crippen molar-refractivity contribution in [3.63, 3.8) is 0 Å². The minimum atomic E-state index is -3.68. The molecule has 0 unspecified atom stereocenters. The number of hydrogen-bond donors (Lipinski definition) is 1. The van der Waals surface area contributed by atoms with Crippen LogP contribution >= 0.6 is 11.6 Å². The summed E-state index contributed by atoms with van der Waals surface area (Å²) in [5.41, 5.74) is 0.239. The minimum absolute atomic E-state index is 0.173. The third-order valence-electron chi connectivity index (χ3n) is 2.57. The van der Waals surface area contributed by atoms with Crippen molar-refractivity contribution in [1.29, 1.82) is 0 Å². The molecular weight excluding hydrogens is 316 g/mol. The van der Waals surface area contributed by atoms with Crippen molar-refractivity contribution < 1.29 is 18.3 Å². The van der Waals surface area contributed by atoms with Gasteiger partial charge in [-0.3, -0.25) is 0 Å². The number of carboxylic acid groups (broad SMARTS) is 1. The van der Waals surface area contributed by atoms with Crippen molar-refractivity contribution in [2.75, 3.05) is 10.6 Å². The van der Waals surface area contributed by atoms with Crippen LogP contribution in [0.4, 0.5) is 11.4 Å². The van der Waals surface area contributed by atoms with E-state index < -0.39 is 16.0 Å². The van der Waals surface area contributed by atoms with E-state index >= 15 is 0 Å². The molecule has 1 N–H and O–H groups in total. The Morgan fingerprint density at radius 2 is 1.90 bits per heavy atom. The molecule has 0 spiro atoms. The van der Waals surface area contributed by atoms with Gasteiger partial charge in [0, 0.05) is 11.2 Å². The zero-order valence-corrected chi connectivity index (χ0v) is 12.5. The van der Waals surface area contributed by atoms with Crippen LogP contribution in [0.25, 0.3) is 0 Å². The SMILES string of the molecule is CS(=O)(=O)N(c1cccc(Cl)c1)c1ccnc(C(=O)O)c1. The lowest BCUT2D eigenvalue weighted by Crippen LogP contribution is -2.25. The van der Waals surface area contributed by atoms with Crippen molar-refractivity contribution in [1.82, 2.24) is 4.98 Å². The summed E-state index contributed by atoms with van der Waals surface area (Å²) in [5.74, 6) is -1.24. The number of rotatable bonds is 4. The second-order valence-electron chi connectivity index (χ2n) is 4.21. The van der Waals surface area contributed by atoms with Gasteiger partial charge < -0.3 is 5.11 Å². The van der Waals surface area contributed by atoms with E-state index in [1.165, 1.54) is 24.4 Å². The molecule has 0 amide bonds. The monoisotopic (exact) mass is 326 g/mol. The summed E-state index contributed by atoms with van der Waals surface area (Å²) < 4.78 is 25.1. The van der Waals surface area contributed by atoms with Gasteiger partial charge in [0.2, 0.25) is 10.0 Å². The quantitative estimate of drug-likeness (QED) is 0.932. The van der Waals surface area contributed by atoms with E-state index in [0.29, 0.717) is 10.7 Å². The Labute approximate surface area is 126 Å². The smallest absolute Gasteiger partial charge is 0.354 e. The highest BCUT2D eigenvalue weighted by atomic mass is 35.5. The number of hydrogen-bond acceptors (Lipinski definition) is 4. The van der Waals surface area contributed by atoms with Crippen LogP contribution in [0.15, 0.2) is 42.6 Å². The van der Waals surface area contributed by atoms with Crippen LogP contribution < -0.4 is 4.31 Å². The zero-order chi connectivity index (χ0) is 15.6. The Kier molecular flexibility index (Phi) is 4.15. The molecular formula is C13H11ClN2O4S. The molecule has 110 valence electrons. The van der Waals surface area contributed by atoms with Crippen LogP contribution in [-0.2, 0) is 10.0 Å². The van der Waals surface area contributed by atoms with Gasteiger partial charge in [0.25, 0.3) is 0 Å². The van der Waals surface area contributed by atoms with E-state index in [2.05, 4.69) is 4.98 Å². The van der Waals surface area contributed by atoms with Gasteiger partial charge in [-0.2, -0.15) is 0 Å². The Morgan fingerprint density at radius 3 is 2.48 bits per heavy atom. The molecule has 2 aromatic rings. The lowest BCUT2D eigenvalue weighted by Gasteiger charge is -2.22. The average molecular weight is 327 g/mol. The molecule has 0 radical (unpaired) electrons. The van der Waals surface area contributed by atoms with Gasteiger partial charge in [-0.05, 0) is 30.3 Å². The standard InChI is InChI=1S/C13H11ClN2O4S/c1-21(19,20)16(10-4-2-3-9(14)7-10)11-5-6-15-12(8-11)13(17)18/h2-8H,1H3,(H,17,18). The molecule has 0 atom stereocenters. The highest BCUT2D eigenvalue weighted by molar-refractivity contribution is 7.92. The van der Waals surface area contributed by atoms with Gasteiger partial charge >= 0.3 is 5.97 Å². The predicted octanol–water partition coefficient (Wildman–Crippen LogP) is 2.53. The summed E-state index contributed by atoms with van der Waals surface area (Å²) in [6.45, 7) is 0. The fourth-order valence-corrected chi connectivity index (χ4v) is 2.97.